The molecule has 2 rings (SSSR count). The molecule has 1 heterocycles. The van der Waals surface area contributed by atoms with E-state index in [4.69, 9.17) is 24.2 Å². The molecule has 0 saturated heterocycles. The van der Waals surface area contributed by atoms with Gasteiger partial charge in [0, 0.05) is 11.6 Å². The number of hydrogen-bond donors (Lipinski definition) is 0. The van der Waals surface area contributed by atoms with Crippen LogP contribution in [0.25, 0.3) is 6.08 Å². The van der Waals surface area contributed by atoms with Gasteiger partial charge in [-0.3, -0.25) is 0 Å². The Hall–Kier alpha value is -2.04. The minimum atomic E-state index is -0.698. The topological polar surface area (TPSA) is 77.8 Å². The van der Waals surface area contributed by atoms with Crippen LogP contribution >= 0.6 is 15.9 Å². The Kier molecular flexibility index (Phi) is 5.41. The zero-order valence-electron chi connectivity index (χ0n) is 12.1. The Bertz CT molecular complexity index is 650. The highest BCUT2D eigenvalue weighted by Gasteiger charge is 2.18. The zero-order valence-corrected chi connectivity index (χ0v) is 13.7. The maximum absolute atomic E-state index is 12.0. The molecule has 1 aliphatic heterocycles. The Balaban J connectivity index is 2.22. The van der Waals surface area contributed by atoms with Crippen LogP contribution in [0.5, 0.6) is 11.5 Å². The number of methoxy groups -OCH3 is 1. The lowest BCUT2D eigenvalue weighted by atomic mass is 10.1. The molecular weight excluding hydrogens is 354 g/mol. The van der Waals surface area contributed by atoms with Crippen molar-refractivity contribution in [3.8, 4) is 17.6 Å². The molecule has 0 spiro atoms. The van der Waals surface area contributed by atoms with E-state index >= 15 is 0 Å². The van der Waals surface area contributed by atoms with Gasteiger partial charge in [-0.1, -0.05) is 15.9 Å². The highest BCUT2D eigenvalue weighted by molar-refractivity contribution is 9.10. The first kappa shape index (κ1) is 16.3. The van der Waals surface area contributed by atoms with E-state index in [0.29, 0.717) is 21.5 Å². The third-order valence-electron chi connectivity index (χ3n) is 2.84. The van der Waals surface area contributed by atoms with E-state index in [9.17, 15) is 4.79 Å². The SMILES string of the molecule is COC[C@H](C)OC(=O)/C(C#N)=C/c1cc2c(cc1Br)OCO2. The summed E-state index contributed by atoms with van der Waals surface area (Å²) in [6.45, 7) is 2.10. The van der Waals surface area contributed by atoms with Crippen LogP contribution in [0.1, 0.15) is 12.5 Å². The van der Waals surface area contributed by atoms with Gasteiger partial charge in [-0.15, -0.1) is 0 Å². The van der Waals surface area contributed by atoms with Crippen molar-refractivity contribution in [3.05, 3.63) is 27.7 Å². The second kappa shape index (κ2) is 7.29. The molecule has 0 amide bonds. The second-order valence-electron chi connectivity index (χ2n) is 4.57. The largest absolute Gasteiger partial charge is 0.456 e. The van der Waals surface area contributed by atoms with E-state index in [1.807, 2.05) is 6.07 Å². The van der Waals surface area contributed by atoms with Crippen molar-refractivity contribution < 1.29 is 23.7 Å². The molecule has 0 radical (unpaired) electrons. The molecule has 1 aromatic carbocycles. The van der Waals surface area contributed by atoms with Gasteiger partial charge in [-0.05, 0) is 30.7 Å². The number of fused-ring (bicyclic) bond motifs is 1. The number of carbonyl (C=O) groups is 1. The summed E-state index contributed by atoms with van der Waals surface area (Å²) >= 11 is 3.37. The number of halogens is 1. The molecular formula is C15H14BrNO5. The minimum Gasteiger partial charge on any atom is -0.456 e. The van der Waals surface area contributed by atoms with Gasteiger partial charge in [0.05, 0.1) is 6.61 Å². The first-order valence-corrected chi connectivity index (χ1v) is 7.25. The average Bonchev–Trinajstić information content (AvgIpc) is 2.91. The number of rotatable bonds is 5. The van der Waals surface area contributed by atoms with Crippen LogP contribution in [-0.4, -0.2) is 32.6 Å². The molecule has 6 nitrogen and oxygen atoms in total. The molecule has 0 fully saturated rings. The summed E-state index contributed by atoms with van der Waals surface area (Å²) in [5, 5.41) is 9.16. The predicted octanol–water partition coefficient (Wildman–Crippen LogP) is 2.66. The standard InChI is InChI=1S/C15H14BrNO5/c1-9(7-19-2)22-15(18)11(6-17)3-10-4-13-14(5-12(10)16)21-8-20-13/h3-5,9H,7-8H2,1-2H3/b11-3+/t9-/m0/s1. The molecule has 0 aliphatic carbocycles. The fourth-order valence-electron chi connectivity index (χ4n) is 1.85. The summed E-state index contributed by atoms with van der Waals surface area (Å²) in [4.78, 5) is 12.0. The molecule has 0 saturated carbocycles. The smallest absolute Gasteiger partial charge is 0.349 e. The van der Waals surface area contributed by atoms with Gasteiger partial charge >= 0.3 is 5.97 Å². The Morgan fingerprint density at radius 2 is 2.18 bits per heavy atom. The molecule has 1 aromatic rings. The minimum absolute atomic E-state index is 0.109. The predicted molar refractivity (Wildman–Crippen MR) is 81.3 cm³/mol. The Labute approximate surface area is 136 Å². The van der Waals surface area contributed by atoms with Crippen molar-refractivity contribution in [1.29, 1.82) is 5.26 Å². The molecule has 1 aliphatic rings. The number of ether oxygens (including phenoxy) is 4. The van der Waals surface area contributed by atoms with E-state index in [-0.39, 0.29) is 19.0 Å². The number of benzene rings is 1. The van der Waals surface area contributed by atoms with Crippen molar-refractivity contribution in [2.75, 3.05) is 20.5 Å². The van der Waals surface area contributed by atoms with Gasteiger partial charge in [0.1, 0.15) is 17.7 Å². The van der Waals surface area contributed by atoms with Crippen LogP contribution in [-0.2, 0) is 14.3 Å². The Morgan fingerprint density at radius 1 is 1.50 bits per heavy atom. The number of hydrogen-bond acceptors (Lipinski definition) is 6. The summed E-state index contributed by atoms with van der Waals surface area (Å²) in [7, 11) is 1.51. The van der Waals surface area contributed by atoms with E-state index in [1.54, 1.807) is 19.1 Å². The molecule has 0 bridgehead atoms. The summed E-state index contributed by atoms with van der Waals surface area (Å²) < 4.78 is 21.2. The fourth-order valence-corrected chi connectivity index (χ4v) is 2.29. The number of nitriles is 1. The van der Waals surface area contributed by atoms with Crippen molar-refractivity contribution in [2.45, 2.75) is 13.0 Å². The lowest BCUT2D eigenvalue weighted by Gasteiger charge is -2.11. The van der Waals surface area contributed by atoms with Crippen molar-refractivity contribution in [2.24, 2.45) is 0 Å². The molecule has 0 N–H and O–H groups in total. The third kappa shape index (κ3) is 3.78. The third-order valence-corrected chi connectivity index (χ3v) is 3.53. The van der Waals surface area contributed by atoms with Crippen molar-refractivity contribution >= 4 is 28.0 Å². The summed E-state index contributed by atoms with van der Waals surface area (Å²) in [5.74, 6) is 0.475. The normalized spacial score (nSPS) is 14.4. The van der Waals surface area contributed by atoms with Crippen LogP contribution in [0.15, 0.2) is 22.2 Å². The number of nitrogens with zero attached hydrogens (tertiary/aromatic N) is 1. The first-order valence-electron chi connectivity index (χ1n) is 6.46. The van der Waals surface area contributed by atoms with E-state index in [1.165, 1.54) is 13.2 Å². The molecule has 0 unspecified atom stereocenters. The second-order valence-corrected chi connectivity index (χ2v) is 5.42. The van der Waals surface area contributed by atoms with Crippen LogP contribution < -0.4 is 9.47 Å². The fraction of sp³-hybridized carbons (Fsp3) is 0.333. The van der Waals surface area contributed by atoms with Gasteiger partial charge in [0.15, 0.2) is 11.5 Å². The Morgan fingerprint density at radius 3 is 2.82 bits per heavy atom. The van der Waals surface area contributed by atoms with Gasteiger partial charge in [0.2, 0.25) is 6.79 Å². The summed E-state index contributed by atoms with van der Waals surface area (Å²) in [6.07, 6.45) is 1.00. The maximum Gasteiger partial charge on any atom is 0.349 e. The van der Waals surface area contributed by atoms with E-state index in [2.05, 4.69) is 15.9 Å². The lowest BCUT2D eigenvalue weighted by molar-refractivity contribution is -0.145. The van der Waals surface area contributed by atoms with Crippen molar-refractivity contribution in [1.82, 2.24) is 0 Å². The number of carbonyl (C=O) groups excluding carboxylic acids is 1. The molecule has 7 heteroatoms. The molecule has 116 valence electrons. The van der Waals surface area contributed by atoms with Gasteiger partial charge in [0.25, 0.3) is 0 Å². The summed E-state index contributed by atoms with van der Waals surface area (Å²) in [6, 6.07) is 5.26. The molecule has 0 aromatic heterocycles. The zero-order chi connectivity index (χ0) is 16.1. The van der Waals surface area contributed by atoms with E-state index in [0.717, 1.165) is 0 Å². The quantitative estimate of drug-likeness (QED) is 0.452. The summed E-state index contributed by atoms with van der Waals surface area (Å²) in [5.41, 5.74) is 0.514. The van der Waals surface area contributed by atoms with Crippen LogP contribution in [0.3, 0.4) is 0 Å². The highest BCUT2D eigenvalue weighted by Crippen LogP contribution is 2.37. The van der Waals surface area contributed by atoms with E-state index < -0.39 is 12.1 Å². The first-order chi connectivity index (χ1) is 10.5. The van der Waals surface area contributed by atoms with Gasteiger partial charge < -0.3 is 18.9 Å². The van der Waals surface area contributed by atoms with Gasteiger partial charge in [-0.25, -0.2) is 4.79 Å². The molecule has 22 heavy (non-hydrogen) atoms. The van der Waals surface area contributed by atoms with Crippen molar-refractivity contribution in [3.63, 3.8) is 0 Å². The van der Waals surface area contributed by atoms with Crippen LogP contribution in [0, 0.1) is 11.3 Å². The maximum atomic E-state index is 12.0. The van der Waals surface area contributed by atoms with Crippen LogP contribution in [0.4, 0.5) is 0 Å². The molecule has 1 atom stereocenters. The lowest BCUT2D eigenvalue weighted by Crippen LogP contribution is -2.20. The highest BCUT2D eigenvalue weighted by atomic mass is 79.9. The average molecular weight is 368 g/mol. The monoisotopic (exact) mass is 367 g/mol. The number of esters is 1. The van der Waals surface area contributed by atoms with Gasteiger partial charge in [-0.2, -0.15) is 5.26 Å². The van der Waals surface area contributed by atoms with Crippen LogP contribution in [0.2, 0.25) is 0 Å².